The Kier molecular flexibility index (Phi) is 3.20. The number of nitrogens with two attached hydrogens (primary N) is 1. The fraction of sp³-hybridized carbons (Fsp3) is 0. The van der Waals surface area contributed by atoms with Gasteiger partial charge in [0.15, 0.2) is 0 Å². The molecule has 4 N–H and O–H groups in total. The van der Waals surface area contributed by atoms with Gasteiger partial charge in [0.1, 0.15) is 0 Å². The molecule has 0 atom stereocenters. The number of nitrogen functional groups attached to an aromatic ring is 1. The van der Waals surface area contributed by atoms with Gasteiger partial charge >= 0.3 is 0 Å². The van der Waals surface area contributed by atoms with Crippen molar-refractivity contribution < 1.29 is 4.79 Å². The third-order valence-electron chi connectivity index (χ3n) is 3.03. The molecule has 4 nitrogen and oxygen atoms in total. The van der Waals surface area contributed by atoms with E-state index in [0.29, 0.717) is 11.3 Å². The lowest BCUT2D eigenvalue weighted by Crippen LogP contribution is -2.11. The summed E-state index contributed by atoms with van der Waals surface area (Å²) >= 11 is 3.38. The summed E-state index contributed by atoms with van der Waals surface area (Å²) in [5.74, 6) is -0.154. The highest BCUT2D eigenvalue weighted by molar-refractivity contribution is 9.10. The zero-order chi connectivity index (χ0) is 14.1. The molecule has 0 aliphatic rings. The van der Waals surface area contributed by atoms with Gasteiger partial charge in [0, 0.05) is 32.9 Å². The van der Waals surface area contributed by atoms with Crippen molar-refractivity contribution >= 4 is 44.1 Å². The molecule has 0 radical (unpaired) electrons. The summed E-state index contributed by atoms with van der Waals surface area (Å²) in [7, 11) is 0. The van der Waals surface area contributed by atoms with E-state index < -0.39 is 0 Å². The number of hydrogen-bond donors (Lipinski definition) is 3. The maximum Gasteiger partial charge on any atom is 0.257 e. The highest BCUT2D eigenvalue weighted by Gasteiger charge is 2.12. The summed E-state index contributed by atoms with van der Waals surface area (Å²) in [5, 5.41) is 3.73. The molecular formula is C15H12BrN3O. The number of nitrogens with one attached hydrogen (secondary N) is 2. The van der Waals surface area contributed by atoms with Crippen LogP contribution in [0, 0.1) is 0 Å². The summed E-state index contributed by atoms with van der Waals surface area (Å²) in [5.41, 5.74) is 8.58. The van der Waals surface area contributed by atoms with E-state index in [-0.39, 0.29) is 5.91 Å². The average molecular weight is 330 g/mol. The predicted molar refractivity (Wildman–Crippen MR) is 84.8 cm³/mol. The third kappa shape index (κ3) is 2.40. The number of carbonyl (C=O) groups is 1. The van der Waals surface area contributed by atoms with Crippen molar-refractivity contribution in [2.75, 3.05) is 11.1 Å². The minimum atomic E-state index is -0.154. The molecule has 0 fully saturated rings. The second-order valence-electron chi connectivity index (χ2n) is 4.47. The van der Waals surface area contributed by atoms with Crippen LogP contribution in [-0.2, 0) is 0 Å². The van der Waals surface area contributed by atoms with Crippen LogP contribution in [-0.4, -0.2) is 10.9 Å². The van der Waals surface area contributed by atoms with Crippen molar-refractivity contribution in [3.63, 3.8) is 0 Å². The lowest BCUT2D eigenvalue weighted by molar-refractivity contribution is 0.102. The minimum Gasteiger partial charge on any atom is -0.399 e. The lowest BCUT2D eigenvalue weighted by atomic mass is 10.1. The largest absolute Gasteiger partial charge is 0.399 e. The topological polar surface area (TPSA) is 70.9 Å². The van der Waals surface area contributed by atoms with E-state index in [9.17, 15) is 4.79 Å². The molecule has 0 aliphatic heterocycles. The highest BCUT2D eigenvalue weighted by atomic mass is 79.9. The van der Waals surface area contributed by atoms with E-state index in [0.717, 1.165) is 21.1 Å². The fourth-order valence-electron chi connectivity index (χ4n) is 2.10. The summed E-state index contributed by atoms with van der Waals surface area (Å²) in [6, 6.07) is 12.9. The van der Waals surface area contributed by atoms with Gasteiger partial charge in [-0.1, -0.05) is 22.0 Å². The smallest absolute Gasteiger partial charge is 0.257 e. The molecular weight excluding hydrogens is 318 g/mol. The molecule has 0 spiro atoms. The van der Waals surface area contributed by atoms with Crippen molar-refractivity contribution in [1.29, 1.82) is 0 Å². The first-order chi connectivity index (χ1) is 9.63. The van der Waals surface area contributed by atoms with E-state index in [2.05, 4.69) is 26.2 Å². The van der Waals surface area contributed by atoms with E-state index in [4.69, 9.17) is 5.73 Å². The van der Waals surface area contributed by atoms with Crippen LogP contribution in [0.4, 0.5) is 11.4 Å². The lowest BCUT2D eigenvalue weighted by Gasteiger charge is -2.04. The van der Waals surface area contributed by atoms with E-state index >= 15 is 0 Å². The van der Waals surface area contributed by atoms with Gasteiger partial charge in [-0.05, 0) is 36.4 Å². The van der Waals surface area contributed by atoms with Crippen LogP contribution in [0.25, 0.3) is 10.9 Å². The maximum atomic E-state index is 12.3. The number of rotatable bonds is 2. The van der Waals surface area contributed by atoms with E-state index in [1.54, 1.807) is 12.3 Å². The van der Waals surface area contributed by atoms with Crippen molar-refractivity contribution in [1.82, 2.24) is 4.98 Å². The first-order valence-electron chi connectivity index (χ1n) is 6.07. The monoisotopic (exact) mass is 329 g/mol. The van der Waals surface area contributed by atoms with Crippen LogP contribution in [0.5, 0.6) is 0 Å². The number of benzene rings is 2. The number of amides is 1. The van der Waals surface area contributed by atoms with Crippen molar-refractivity contribution in [2.45, 2.75) is 0 Å². The molecule has 100 valence electrons. The number of aromatic nitrogens is 1. The number of carbonyl (C=O) groups excluding carboxylic acids is 1. The van der Waals surface area contributed by atoms with Crippen LogP contribution in [0.2, 0.25) is 0 Å². The molecule has 0 saturated carbocycles. The van der Waals surface area contributed by atoms with E-state index in [1.807, 2.05) is 36.4 Å². The van der Waals surface area contributed by atoms with Gasteiger partial charge < -0.3 is 16.0 Å². The first-order valence-corrected chi connectivity index (χ1v) is 6.86. The number of aromatic amines is 1. The Labute approximate surface area is 124 Å². The molecule has 3 aromatic rings. The Bertz CT molecular complexity index is 795. The number of anilines is 2. The molecule has 0 unspecified atom stereocenters. The summed E-state index contributed by atoms with van der Waals surface area (Å²) in [6.07, 6.45) is 1.69. The van der Waals surface area contributed by atoms with Crippen molar-refractivity contribution in [3.8, 4) is 0 Å². The van der Waals surface area contributed by atoms with Gasteiger partial charge in [0.05, 0.1) is 5.56 Å². The van der Waals surface area contributed by atoms with Gasteiger partial charge in [-0.25, -0.2) is 0 Å². The van der Waals surface area contributed by atoms with Crippen LogP contribution < -0.4 is 11.1 Å². The number of halogens is 1. The molecule has 5 heteroatoms. The Morgan fingerprint density at radius 3 is 2.85 bits per heavy atom. The number of H-pyrrole nitrogens is 1. The Balaban J connectivity index is 1.93. The fourth-order valence-corrected chi connectivity index (χ4v) is 2.50. The number of hydrogen-bond acceptors (Lipinski definition) is 2. The Morgan fingerprint density at radius 2 is 2.05 bits per heavy atom. The van der Waals surface area contributed by atoms with Crippen LogP contribution >= 0.6 is 15.9 Å². The molecule has 1 amide bonds. The van der Waals surface area contributed by atoms with E-state index in [1.165, 1.54) is 0 Å². The molecule has 0 bridgehead atoms. The zero-order valence-corrected chi connectivity index (χ0v) is 12.1. The summed E-state index contributed by atoms with van der Waals surface area (Å²) in [4.78, 5) is 15.4. The van der Waals surface area contributed by atoms with Crippen LogP contribution in [0.15, 0.2) is 53.1 Å². The Hall–Kier alpha value is -2.27. The maximum absolute atomic E-state index is 12.3. The van der Waals surface area contributed by atoms with Gasteiger partial charge in [-0.3, -0.25) is 4.79 Å². The molecule has 2 aromatic carbocycles. The van der Waals surface area contributed by atoms with Crippen molar-refractivity contribution in [2.24, 2.45) is 0 Å². The van der Waals surface area contributed by atoms with Crippen LogP contribution in [0.1, 0.15) is 10.4 Å². The van der Waals surface area contributed by atoms with Gasteiger partial charge in [0.25, 0.3) is 5.91 Å². The van der Waals surface area contributed by atoms with Gasteiger partial charge in [-0.2, -0.15) is 0 Å². The highest BCUT2D eigenvalue weighted by Crippen LogP contribution is 2.22. The summed E-state index contributed by atoms with van der Waals surface area (Å²) < 4.78 is 0.919. The first kappa shape index (κ1) is 12.7. The number of fused-ring (bicyclic) bond motifs is 1. The third-order valence-corrected chi connectivity index (χ3v) is 3.53. The molecule has 3 rings (SSSR count). The SMILES string of the molecule is Nc1ccc2c(C(=O)Nc3cccc(Br)c3)c[nH]c2c1. The molecule has 1 heterocycles. The molecule has 0 saturated heterocycles. The molecule has 0 aliphatic carbocycles. The molecule has 1 aromatic heterocycles. The van der Waals surface area contributed by atoms with Crippen molar-refractivity contribution in [3.05, 3.63) is 58.7 Å². The normalized spacial score (nSPS) is 10.7. The average Bonchev–Trinajstić information content (AvgIpc) is 2.81. The quantitative estimate of drug-likeness (QED) is 0.626. The van der Waals surface area contributed by atoms with Gasteiger partial charge in [0.2, 0.25) is 0 Å². The Morgan fingerprint density at radius 1 is 1.20 bits per heavy atom. The standard InChI is InChI=1S/C15H12BrN3O/c16-9-2-1-3-11(6-9)19-15(20)13-8-18-14-7-10(17)4-5-12(13)14/h1-8,18H,17H2,(H,19,20). The zero-order valence-electron chi connectivity index (χ0n) is 10.5. The molecule has 20 heavy (non-hydrogen) atoms. The van der Waals surface area contributed by atoms with Crippen LogP contribution in [0.3, 0.4) is 0 Å². The minimum absolute atomic E-state index is 0.154. The predicted octanol–water partition coefficient (Wildman–Crippen LogP) is 3.76. The second-order valence-corrected chi connectivity index (χ2v) is 5.39. The second kappa shape index (κ2) is 5.02. The van der Waals surface area contributed by atoms with Gasteiger partial charge in [-0.15, -0.1) is 0 Å². The summed E-state index contributed by atoms with van der Waals surface area (Å²) in [6.45, 7) is 0.